The predicted molar refractivity (Wildman–Crippen MR) is 91.3 cm³/mol. The van der Waals surface area contributed by atoms with Crippen molar-refractivity contribution >= 4 is 5.91 Å². The van der Waals surface area contributed by atoms with Gasteiger partial charge in [-0.3, -0.25) is 4.79 Å². The minimum absolute atomic E-state index is 0.0341. The monoisotopic (exact) mass is 327 g/mol. The number of hydrogen-bond acceptors (Lipinski definition) is 2. The van der Waals surface area contributed by atoms with Crippen LogP contribution in [-0.2, 0) is 11.2 Å². The van der Waals surface area contributed by atoms with E-state index in [-0.39, 0.29) is 23.2 Å². The highest BCUT2D eigenvalue weighted by atomic mass is 19.1. The van der Waals surface area contributed by atoms with E-state index in [9.17, 15) is 9.18 Å². The zero-order valence-corrected chi connectivity index (χ0v) is 14.1. The second kappa shape index (κ2) is 6.23. The van der Waals surface area contributed by atoms with Gasteiger partial charge in [0.25, 0.3) is 0 Å². The van der Waals surface area contributed by atoms with Gasteiger partial charge in [-0.25, -0.2) is 9.07 Å². The largest absolute Gasteiger partial charge is 0.349 e. The Morgan fingerprint density at radius 3 is 2.83 bits per heavy atom. The average Bonchev–Trinajstić information content (AvgIpc) is 2.90. The van der Waals surface area contributed by atoms with Gasteiger partial charge in [-0.05, 0) is 42.5 Å². The van der Waals surface area contributed by atoms with Crippen LogP contribution in [-0.4, -0.2) is 15.7 Å². The fourth-order valence-corrected chi connectivity index (χ4v) is 3.36. The molecule has 0 saturated heterocycles. The molecule has 0 spiro atoms. The normalized spacial score (nSPS) is 18.7. The van der Waals surface area contributed by atoms with E-state index < -0.39 is 0 Å². The zero-order valence-electron chi connectivity index (χ0n) is 14.1. The van der Waals surface area contributed by atoms with Crippen LogP contribution in [0.5, 0.6) is 0 Å². The van der Waals surface area contributed by atoms with Crippen molar-refractivity contribution in [3.63, 3.8) is 0 Å². The molecule has 1 N–H and O–H groups in total. The van der Waals surface area contributed by atoms with E-state index in [1.807, 2.05) is 10.9 Å². The third-order valence-corrected chi connectivity index (χ3v) is 4.42. The SMILES string of the molecule is C=CCC(=O)NC1CC(C)(C)Cc2c1cnn2-c1ccc(F)cc1. The Labute approximate surface area is 141 Å². The molecule has 1 aromatic carbocycles. The molecule has 1 amide bonds. The number of benzene rings is 1. The molecular weight excluding hydrogens is 305 g/mol. The number of fused-ring (bicyclic) bond motifs is 1. The second-order valence-electron chi connectivity index (χ2n) is 7.09. The van der Waals surface area contributed by atoms with Crippen molar-refractivity contribution in [2.75, 3.05) is 0 Å². The topological polar surface area (TPSA) is 46.9 Å². The Balaban J connectivity index is 1.97. The van der Waals surface area contributed by atoms with E-state index in [0.717, 1.165) is 29.8 Å². The molecule has 3 rings (SSSR count). The van der Waals surface area contributed by atoms with E-state index in [1.165, 1.54) is 12.1 Å². The van der Waals surface area contributed by atoms with Crippen molar-refractivity contribution in [1.82, 2.24) is 15.1 Å². The maximum absolute atomic E-state index is 13.2. The van der Waals surface area contributed by atoms with Crippen molar-refractivity contribution in [2.45, 2.75) is 39.2 Å². The van der Waals surface area contributed by atoms with Gasteiger partial charge < -0.3 is 5.32 Å². The number of nitrogens with zero attached hydrogens (tertiary/aromatic N) is 2. The Bertz CT molecular complexity index is 761. The highest BCUT2D eigenvalue weighted by Crippen LogP contribution is 2.41. The molecule has 126 valence electrons. The van der Waals surface area contributed by atoms with Gasteiger partial charge in [-0.2, -0.15) is 5.10 Å². The minimum atomic E-state index is -0.269. The first kappa shape index (κ1) is 16.4. The summed E-state index contributed by atoms with van der Waals surface area (Å²) < 4.78 is 15.0. The fraction of sp³-hybridized carbons (Fsp3) is 0.368. The fourth-order valence-electron chi connectivity index (χ4n) is 3.36. The van der Waals surface area contributed by atoms with Gasteiger partial charge in [0.2, 0.25) is 5.91 Å². The molecule has 1 heterocycles. The Morgan fingerprint density at radius 1 is 1.46 bits per heavy atom. The summed E-state index contributed by atoms with van der Waals surface area (Å²) in [6.07, 6.45) is 5.43. The van der Waals surface area contributed by atoms with E-state index in [2.05, 4.69) is 30.8 Å². The molecule has 24 heavy (non-hydrogen) atoms. The summed E-state index contributed by atoms with van der Waals surface area (Å²) in [6, 6.07) is 6.23. The molecule has 4 nitrogen and oxygen atoms in total. The van der Waals surface area contributed by atoms with Gasteiger partial charge >= 0.3 is 0 Å². The number of aromatic nitrogens is 2. The van der Waals surface area contributed by atoms with Gasteiger partial charge in [0.15, 0.2) is 0 Å². The van der Waals surface area contributed by atoms with Gasteiger partial charge in [0, 0.05) is 12.0 Å². The molecule has 0 bridgehead atoms. The molecule has 0 saturated carbocycles. The number of hydrogen-bond donors (Lipinski definition) is 1. The summed E-state index contributed by atoms with van der Waals surface area (Å²) in [7, 11) is 0. The van der Waals surface area contributed by atoms with Crippen molar-refractivity contribution < 1.29 is 9.18 Å². The molecular formula is C19H22FN3O. The average molecular weight is 327 g/mol. The van der Waals surface area contributed by atoms with Crippen molar-refractivity contribution in [3.05, 3.63) is 60.2 Å². The minimum Gasteiger partial charge on any atom is -0.349 e. The third-order valence-electron chi connectivity index (χ3n) is 4.42. The van der Waals surface area contributed by atoms with Gasteiger partial charge in [0.1, 0.15) is 5.82 Å². The first-order valence-electron chi connectivity index (χ1n) is 8.12. The number of amides is 1. The molecule has 1 aliphatic rings. The molecule has 2 aromatic rings. The van der Waals surface area contributed by atoms with Crippen molar-refractivity contribution in [2.24, 2.45) is 5.41 Å². The predicted octanol–water partition coefficient (Wildman–Crippen LogP) is 3.72. The standard InChI is InChI=1S/C19H22FN3O/c1-4-5-18(24)22-16-10-19(2,3)11-17-15(16)12-21-23(17)14-8-6-13(20)7-9-14/h4,6-9,12,16H,1,5,10-11H2,2-3H3,(H,22,24). The van der Waals surface area contributed by atoms with Crippen LogP contribution in [0.2, 0.25) is 0 Å². The van der Waals surface area contributed by atoms with Crippen molar-refractivity contribution in [3.8, 4) is 5.69 Å². The number of halogens is 1. The molecule has 1 atom stereocenters. The summed E-state index contributed by atoms with van der Waals surface area (Å²) in [5.74, 6) is -0.303. The third kappa shape index (κ3) is 3.25. The molecule has 1 aromatic heterocycles. The number of nitrogens with one attached hydrogen (secondary N) is 1. The lowest BCUT2D eigenvalue weighted by Crippen LogP contribution is -2.36. The van der Waals surface area contributed by atoms with Crippen LogP contribution in [0.25, 0.3) is 5.69 Å². The maximum Gasteiger partial charge on any atom is 0.224 e. The Kier molecular flexibility index (Phi) is 4.26. The van der Waals surface area contributed by atoms with Crippen LogP contribution < -0.4 is 5.32 Å². The van der Waals surface area contributed by atoms with Gasteiger partial charge in [-0.1, -0.05) is 19.9 Å². The molecule has 5 heteroatoms. The summed E-state index contributed by atoms with van der Waals surface area (Å²) in [4.78, 5) is 12.0. The number of carbonyl (C=O) groups excluding carboxylic acids is 1. The first-order valence-corrected chi connectivity index (χ1v) is 8.12. The Hall–Kier alpha value is -2.43. The smallest absolute Gasteiger partial charge is 0.224 e. The van der Waals surface area contributed by atoms with E-state index in [0.29, 0.717) is 6.42 Å². The van der Waals surface area contributed by atoms with Crippen LogP contribution in [0.1, 0.15) is 44.0 Å². The molecule has 1 unspecified atom stereocenters. The highest BCUT2D eigenvalue weighted by Gasteiger charge is 2.35. The van der Waals surface area contributed by atoms with Crippen LogP contribution in [0.15, 0.2) is 43.1 Å². The zero-order chi connectivity index (χ0) is 17.3. The van der Waals surface area contributed by atoms with Crippen LogP contribution >= 0.6 is 0 Å². The Morgan fingerprint density at radius 2 is 2.17 bits per heavy atom. The number of rotatable bonds is 4. The summed E-state index contributed by atoms with van der Waals surface area (Å²) in [6.45, 7) is 7.98. The van der Waals surface area contributed by atoms with Crippen LogP contribution in [0.3, 0.4) is 0 Å². The molecule has 0 aliphatic heterocycles. The quantitative estimate of drug-likeness (QED) is 0.870. The first-order chi connectivity index (χ1) is 11.4. The second-order valence-corrected chi connectivity index (χ2v) is 7.09. The summed E-state index contributed by atoms with van der Waals surface area (Å²) >= 11 is 0. The molecule has 1 aliphatic carbocycles. The van der Waals surface area contributed by atoms with E-state index in [1.54, 1.807) is 18.2 Å². The van der Waals surface area contributed by atoms with Gasteiger partial charge in [-0.15, -0.1) is 6.58 Å². The lowest BCUT2D eigenvalue weighted by atomic mass is 9.74. The molecule has 0 fully saturated rings. The lowest BCUT2D eigenvalue weighted by molar-refractivity contribution is -0.121. The maximum atomic E-state index is 13.2. The molecule has 0 radical (unpaired) electrons. The summed E-state index contributed by atoms with van der Waals surface area (Å²) in [5, 5.41) is 7.57. The van der Waals surface area contributed by atoms with Gasteiger partial charge in [0.05, 0.1) is 23.6 Å². The lowest BCUT2D eigenvalue weighted by Gasteiger charge is -2.36. The van der Waals surface area contributed by atoms with Crippen molar-refractivity contribution in [1.29, 1.82) is 0 Å². The highest BCUT2D eigenvalue weighted by molar-refractivity contribution is 5.78. The number of carbonyl (C=O) groups is 1. The summed E-state index contributed by atoms with van der Waals surface area (Å²) in [5.41, 5.74) is 2.97. The van der Waals surface area contributed by atoms with E-state index in [4.69, 9.17) is 0 Å². The van der Waals surface area contributed by atoms with Crippen LogP contribution in [0, 0.1) is 11.2 Å². The van der Waals surface area contributed by atoms with E-state index >= 15 is 0 Å². The van der Waals surface area contributed by atoms with Crippen LogP contribution in [0.4, 0.5) is 4.39 Å².